The van der Waals surface area contributed by atoms with Crippen LogP contribution in [0, 0.1) is 17.5 Å². The van der Waals surface area contributed by atoms with Crippen LogP contribution < -0.4 is 5.32 Å². The number of phenolic OH excluding ortho intramolecular Hbond substituents is 2. The van der Waals surface area contributed by atoms with E-state index in [1.807, 2.05) is 0 Å². The van der Waals surface area contributed by atoms with Crippen LogP contribution in [-0.4, -0.2) is 20.4 Å². The van der Waals surface area contributed by atoms with E-state index in [4.69, 9.17) is 4.52 Å². The van der Waals surface area contributed by atoms with Crippen LogP contribution in [0.2, 0.25) is 0 Å². The zero-order valence-electron chi connectivity index (χ0n) is 16.8. The van der Waals surface area contributed by atoms with Gasteiger partial charge in [-0.1, -0.05) is 11.2 Å². The molecule has 0 atom stereocenters. The molecule has 3 aromatic carbocycles. The Labute approximate surface area is 187 Å². The average molecular weight is 481 g/mol. The van der Waals surface area contributed by atoms with Crippen molar-refractivity contribution in [2.45, 2.75) is 12.7 Å². The Hall–Kier alpha value is -4.22. The Kier molecular flexibility index (Phi) is 5.82. The van der Waals surface area contributed by atoms with Gasteiger partial charge < -0.3 is 20.1 Å². The van der Waals surface area contributed by atoms with E-state index in [1.54, 1.807) is 0 Å². The van der Waals surface area contributed by atoms with E-state index >= 15 is 0 Å². The molecule has 4 rings (SSSR count). The summed E-state index contributed by atoms with van der Waals surface area (Å²) in [7, 11) is 0. The number of alkyl halides is 3. The fourth-order valence-electron chi connectivity index (χ4n) is 3.13. The molecule has 34 heavy (non-hydrogen) atoms. The number of hydrogen-bond donors (Lipinski definition) is 3. The van der Waals surface area contributed by atoms with E-state index in [1.165, 1.54) is 18.2 Å². The van der Waals surface area contributed by atoms with Crippen LogP contribution in [0.3, 0.4) is 0 Å². The molecule has 0 aliphatic heterocycles. The van der Waals surface area contributed by atoms with Gasteiger partial charge in [0, 0.05) is 12.1 Å². The molecule has 1 aromatic heterocycles. The van der Waals surface area contributed by atoms with Crippen LogP contribution in [0.25, 0.3) is 22.8 Å². The normalized spacial score (nSPS) is 11.6. The Bertz CT molecular complexity index is 1370. The summed E-state index contributed by atoms with van der Waals surface area (Å²) in [6.07, 6.45) is -4.78. The van der Waals surface area contributed by atoms with Crippen molar-refractivity contribution in [3.05, 3.63) is 77.1 Å². The minimum atomic E-state index is -4.78. The maximum Gasteiger partial charge on any atom is 0.416 e. The first-order valence-electron chi connectivity index (χ1n) is 9.48. The first kappa shape index (κ1) is 23.0. The van der Waals surface area contributed by atoms with E-state index in [-0.39, 0.29) is 39.8 Å². The molecule has 0 saturated carbocycles. The second-order valence-electron chi connectivity index (χ2n) is 7.07. The zero-order chi connectivity index (χ0) is 24.6. The predicted octanol–water partition coefficient (Wildman–Crippen LogP) is 5.86. The van der Waals surface area contributed by atoms with Crippen molar-refractivity contribution in [3.63, 3.8) is 0 Å². The van der Waals surface area contributed by atoms with Crippen molar-refractivity contribution < 1.29 is 41.1 Å². The average Bonchev–Trinajstić information content (AvgIpc) is 3.27. The first-order chi connectivity index (χ1) is 16.0. The molecular formula is C22H13F6N3O3. The molecule has 0 bridgehead atoms. The van der Waals surface area contributed by atoms with E-state index in [0.29, 0.717) is 6.07 Å². The molecule has 0 aliphatic carbocycles. The highest BCUT2D eigenvalue weighted by atomic mass is 19.4. The van der Waals surface area contributed by atoms with Gasteiger partial charge in [-0.2, -0.15) is 18.2 Å². The number of nitrogens with zero attached hydrogens (tertiary/aromatic N) is 2. The summed E-state index contributed by atoms with van der Waals surface area (Å²) in [6.45, 7) is -0.399. The summed E-state index contributed by atoms with van der Waals surface area (Å²) in [5.74, 6) is -5.50. The smallest absolute Gasteiger partial charge is 0.416 e. The third kappa shape index (κ3) is 4.47. The molecule has 176 valence electrons. The number of nitrogens with one attached hydrogen (secondary N) is 1. The Morgan fingerprint density at radius 3 is 2.44 bits per heavy atom. The molecule has 0 radical (unpaired) electrons. The maximum atomic E-state index is 14.1. The summed E-state index contributed by atoms with van der Waals surface area (Å²) >= 11 is 0. The van der Waals surface area contributed by atoms with Gasteiger partial charge in [0.15, 0.2) is 17.4 Å². The van der Waals surface area contributed by atoms with Crippen LogP contribution in [0.1, 0.15) is 11.1 Å². The lowest BCUT2D eigenvalue weighted by atomic mass is 10.1. The van der Waals surface area contributed by atoms with Crippen LogP contribution in [-0.2, 0) is 12.7 Å². The van der Waals surface area contributed by atoms with E-state index < -0.39 is 41.5 Å². The van der Waals surface area contributed by atoms with Crippen molar-refractivity contribution >= 4 is 5.69 Å². The highest BCUT2D eigenvalue weighted by Crippen LogP contribution is 2.35. The van der Waals surface area contributed by atoms with Crippen molar-refractivity contribution in [1.82, 2.24) is 10.1 Å². The number of benzene rings is 3. The largest absolute Gasteiger partial charge is 0.506 e. The van der Waals surface area contributed by atoms with Gasteiger partial charge in [0.05, 0.1) is 16.8 Å². The summed E-state index contributed by atoms with van der Waals surface area (Å²) in [4.78, 5) is 3.98. The van der Waals surface area contributed by atoms with E-state index in [0.717, 1.165) is 24.3 Å². The topological polar surface area (TPSA) is 91.4 Å². The zero-order valence-corrected chi connectivity index (χ0v) is 16.8. The van der Waals surface area contributed by atoms with Gasteiger partial charge in [0.2, 0.25) is 5.82 Å². The minimum absolute atomic E-state index is 0.00640. The van der Waals surface area contributed by atoms with Gasteiger partial charge in [0.1, 0.15) is 11.6 Å². The predicted molar refractivity (Wildman–Crippen MR) is 107 cm³/mol. The lowest BCUT2D eigenvalue weighted by Gasteiger charge is -2.15. The van der Waals surface area contributed by atoms with E-state index in [9.17, 15) is 36.6 Å². The lowest BCUT2D eigenvalue weighted by molar-refractivity contribution is -0.138. The fraction of sp³-hybridized carbons (Fsp3) is 0.0909. The fourth-order valence-corrected chi connectivity index (χ4v) is 3.13. The summed E-state index contributed by atoms with van der Waals surface area (Å²) in [5, 5.41) is 25.8. The van der Waals surface area contributed by atoms with Crippen molar-refractivity contribution in [3.8, 4) is 34.3 Å². The van der Waals surface area contributed by atoms with Gasteiger partial charge in [-0.3, -0.25) is 0 Å². The molecule has 0 unspecified atom stereocenters. The number of anilines is 1. The number of halogens is 6. The number of hydrogen-bond acceptors (Lipinski definition) is 6. The Morgan fingerprint density at radius 1 is 0.941 bits per heavy atom. The summed E-state index contributed by atoms with van der Waals surface area (Å²) in [6, 6.07) is 7.93. The monoisotopic (exact) mass is 481 g/mol. The molecule has 1 heterocycles. The highest BCUT2D eigenvalue weighted by Gasteiger charge is 2.33. The second-order valence-corrected chi connectivity index (χ2v) is 7.07. The van der Waals surface area contributed by atoms with Crippen LogP contribution in [0.15, 0.2) is 53.1 Å². The molecule has 4 aromatic rings. The molecule has 0 saturated heterocycles. The molecule has 0 aliphatic rings. The van der Waals surface area contributed by atoms with Gasteiger partial charge >= 0.3 is 6.18 Å². The Morgan fingerprint density at radius 2 is 1.71 bits per heavy atom. The summed E-state index contributed by atoms with van der Waals surface area (Å²) < 4.78 is 85.3. The second kappa shape index (κ2) is 8.61. The van der Waals surface area contributed by atoms with Crippen LogP contribution in [0.5, 0.6) is 11.5 Å². The number of aromatic nitrogens is 2. The number of phenols is 2. The molecular weight excluding hydrogens is 468 g/mol. The Balaban J connectivity index is 1.61. The van der Waals surface area contributed by atoms with Gasteiger partial charge in [-0.15, -0.1) is 0 Å². The lowest BCUT2D eigenvalue weighted by Crippen LogP contribution is -2.12. The molecule has 0 amide bonds. The SMILES string of the molecule is Oc1ccc(-c2noc(-c3ccc(F)c(O)c3F)n2)cc1NCc1ccc(F)cc1C(F)(F)F. The third-order valence-corrected chi connectivity index (χ3v) is 4.82. The van der Waals surface area contributed by atoms with Crippen molar-refractivity contribution in [2.24, 2.45) is 0 Å². The quantitative estimate of drug-likeness (QED) is 0.244. The summed E-state index contributed by atoms with van der Waals surface area (Å²) in [5.41, 5.74) is -1.54. The van der Waals surface area contributed by atoms with Gasteiger partial charge in [-0.25, -0.2) is 13.2 Å². The molecule has 6 nitrogen and oxygen atoms in total. The van der Waals surface area contributed by atoms with Gasteiger partial charge in [0.25, 0.3) is 5.89 Å². The minimum Gasteiger partial charge on any atom is -0.506 e. The van der Waals surface area contributed by atoms with Crippen molar-refractivity contribution in [1.29, 1.82) is 0 Å². The van der Waals surface area contributed by atoms with Crippen LogP contribution in [0.4, 0.5) is 32.0 Å². The van der Waals surface area contributed by atoms with Crippen molar-refractivity contribution in [2.75, 3.05) is 5.32 Å². The number of rotatable bonds is 5. The standard InChI is InChI=1S/C22H13F6N3O3/c23-12-3-1-11(14(8-12)22(26,27)28)9-29-16-7-10(2-6-17(16)32)20-30-21(34-31-20)13-4-5-15(24)19(33)18(13)25/h1-8,29,32-33H,9H2. The highest BCUT2D eigenvalue weighted by molar-refractivity contribution is 5.69. The van der Waals surface area contributed by atoms with E-state index in [2.05, 4.69) is 15.5 Å². The van der Waals surface area contributed by atoms with Gasteiger partial charge in [-0.05, 0) is 48.0 Å². The third-order valence-electron chi connectivity index (χ3n) is 4.82. The molecule has 0 fully saturated rings. The molecule has 3 N–H and O–H groups in total. The first-order valence-corrected chi connectivity index (χ1v) is 9.48. The maximum absolute atomic E-state index is 14.1. The van der Waals surface area contributed by atoms with Crippen LogP contribution >= 0.6 is 0 Å². The molecule has 0 spiro atoms. The molecule has 12 heteroatoms. The number of aromatic hydroxyl groups is 2.